The predicted molar refractivity (Wildman–Crippen MR) is 79.4 cm³/mol. The third-order valence-corrected chi connectivity index (χ3v) is 3.09. The van der Waals surface area contributed by atoms with E-state index in [4.69, 9.17) is 5.11 Å². The second kappa shape index (κ2) is 8.81. The van der Waals surface area contributed by atoms with Crippen molar-refractivity contribution in [1.82, 2.24) is 0 Å². The Morgan fingerprint density at radius 2 is 1.83 bits per heavy atom. The highest BCUT2D eigenvalue weighted by atomic mass is 16.3. The number of unbranched alkanes of at least 4 members (excludes halogenated alkanes) is 2. The number of aliphatic hydroxyl groups is 1. The SMILES string of the molecule is CCCCCNc1ccc(N(CC)CCO)cc1. The fraction of sp³-hybridized carbons (Fsp3) is 0.600. The topological polar surface area (TPSA) is 35.5 Å². The molecule has 0 fully saturated rings. The normalized spacial score (nSPS) is 10.4. The lowest BCUT2D eigenvalue weighted by atomic mass is 10.2. The fourth-order valence-electron chi connectivity index (χ4n) is 1.99. The zero-order valence-electron chi connectivity index (χ0n) is 11.7. The first kappa shape index (κ1) is 14.8. The van der Waals surface area contributed by atoms with Crippen molar-refractivity contribution in [3.05, 3.63) is 24.3 Å². The molecule has 0 unspecified atom stereocenters. The summed E-state index contributed by atoms with van der Waals surface area (Å²) in [6.07, 6.45) is 3.77. The van der Waals surface area contributed by atoms with E-state index >= 15 is 0 Å². The Morgan fingerprint density at radius 1 is 1.11 bits per heavy atom. The minimum absolute atomic E-state index is 0.199. The van der Waals surface area contributed by atoms with Crippen LogP contribution in [0.25, 0.3) is 0 Å². The third-order valence-electron chi connectivity index (χ3n) is 3.09. The molecule has 0 atom stereocenters. The van der Waals surface area contributed by atoms with E-state index < -0.39 is 0 Å². The molecule has 1 rings (SSSR count). The van der Waals surface area contributed by atoms with Gasteiger partial charge in [0.25, 0.3) is 0 Å². The molecular weight excluding hydrogens is 224 g/mol. The number of anilines is 2. The lowest BCUT2D eigenvalue weighted by Gasteiger charge is -2.22. The summed E-state index contributed by atoms with van der Waals surface area (Å²) in [5, 5.41) is 12.4. The van der Waals surface area contributed by atoms with Crippen molar-refractivity contribution >= 4 is 11.4 Å². The van der Waals surface area contributed by atoms with Crippen LogP contribution in [0.3, 0.4) is 0 Å². The van der Waals surface area contributed by atoms with Crippen molar-refractivity contribution in [1.29, 1.82) is 0 Å². The van der Waals surface area contributed by atoms with Crippen LogP contribution in [0.5, 0.6) is 0 Å². The molecule has 1 aromatic carbocycles. The number of likely N-dealkylation sites (N-methyl/N-ethyl adjacent to an activating group) is 1. The van der Waals surface area contributed by atoms with Crippen molar-refractivity contribution in [3.8, 4) is 0 Å². The quantitative estimate of drug-likeness (QED) is 0.661. The van der Waals surface area contributed by atoms with Gasteiger partial charge in [-0.2, -0.15) is 0 Å². The monoisotopic (exact) mass is 250 g/mol. The maximum Gasteiger partial charge on any atom is 0.0606 e. The first-order chi connectivity index (χ1) is 8.81. The van der Waals surface area contributed by atoms with E-state index in [1.54, 1.807) is 0 Å². The molecule has 18 heavy (non-hydrogen) atoms. The van der Waals surface area contributed by atoms with Gasteiger partial charge in [0.1, 0.15) is 0 Å². The van der Waals surface area contributed by atoms with Gasteiger partial charge < -0.3 is 15.3 Å². The van der Waals surface area contributed by atoms with Crippen LogP contribution in [-0.4, -0.2) is 31.3 Å². The molecule has 0 spiro atoms. The molecular formula is C15H26N2O. The number of benzene rings is 1. The second-order valence-electron chi connectivity index (χ2n) is 4.48. The van der Waals surface area contributed by atoms with Gasteiger partial charge in [-0.05, 0) is 37.6 Å². The molecule has 1 aromatic rings. The molecule has 3 nitrogen and oxygen atoms in total. The van der Waals surface area contributed by atoms with Crippen LogP contribution >= 0.6 is 0 Å². The largest absolute Gasteiger partial charge is 0.395 e. The number of nitrogens with zero attached hydrogens (tertiary/aromatic N) is 1. The Labute approximate surface area is 111 Å². The number of nitrogens with one attached hydrogen (secondary N) is 1. The van der Waals surface area contributed by atoms with Crippen LogP contribution in [0.4, 0.5) is 11.4 Å². The van der Waals surface area contributed by atoms with Crippen LogP contribution in [0.2, 0.25) is 0 Å². The van der Waals surface area contributed by atoms with Gasteiger partial charge in [-0.3, -0.25) is 0 Å². The lowest BCUT2D eigenvalue weighted by molar-refractivity contribution is 0.302. The van der Waals surface area contributed by atoms with Crippen molar-refractivity contribution in [3.63, 3.8) is 0 Å². The first-order valence-electron chi connectivity index (χ1n) is 7.01. The molecule has 0 radical (unpaired) electrons. The van der Waals surface area contributed by atoms with Gasteiger partial charge in [-0.1, -0.05) is 19.8 Å². The molecule has 3 heteroatoms. The number of aliphatic hydroxyl groups excluding tert-OH is 1. The Balaban J connectivity index is 2.45. The van der Waals surface area contributed by atoms with Gasteiger partial charge in [0.15, 0.2) is 0 Å². The van der Waals surface area contributed by atoms with E-state index in [2.05, 4.69) is 48.3 Å². The van der Waals surface area contributed by atoms with E-state index in [1.807, 2.05) is 0 Å². The van der Waals surface area contributed by atoms with Crippen LogP contribution < -0.4 is 10.2 Å². The zero-order chi connectivity index (χ0) is 13.2. The van der Waals surface area contributed by atoms with Crippen molar-refractivity contribution < 1.29 is 5.11 Å². The molecule has 0 amide bonds. The average Bonchev–Trinajstić information content (AvgIpc) is 2.42. The highest BCUT2D eigenvalue weighted by Crippen LogP contribution is 2.17. The summed E-state index contributed by atoms with van der Waals surface area (Å²) in [4.78, 5) is 2.17. The average molecular weight is 250 g/mol. The summed E-state index contributed by atoms with van der Waals surface area (Å²) in [6, 6.07) is 8.45. The van der Waals surface area contributed by atoms with E-state index in [9.17, 15) is 0 Å². The molecule has 0 bridgehead atoms. The summed E-state index contributed by atoms with van der Waals surface area (Å²) in [5.41, 5.74) is 2.35. The molecule has 102 valence electrons. The van der Waals surface area contributed by atoms with Gasteiger partial charge in [0.2, 0.25) is 0 Å². The van der Waals surface area contributed by atoms with Crippen molar-refractivity contribution in [2.45, 2.75) is 33.1 Å². The Hall–Kier alpha value is -1.22. The standard InChI is InChI=1S/C15H26N2O/c1-3-5-6-11-16-14-7-9-15(10-8-14)17(4-2)12-13-18/h7-10,16,18H,3-6,11-13H2,1-2H3. The highest BCUT2D eigenvalue weighted by molar-refractivity contribution is 5.55. The van der Waals surface area contributed by atoms with Crippen molar-refractivity contribution in [2.75, 3.05) is 36.5 Å². The van der Waals surface area contributed by atoms with Gasteiger partial charge in [-0.25, -0.2) is 0 Å². The smallest absolute Gasteiger partial charge is 0.0606 e. The van der Waals surface area contributed by atoms with Gasteiger partial charge in [0, 0.05) is 31.0 Å². The molecule has 2 N–H and O–H groups in total. The summed E-state index contributed by atoms with van der Waals surface area (Å²) < 4.78 is 0. The Bertz CT molecular complexity index is 311. The molecule has 0 aromatic heterocycles. The summed E-state index contributed by atoms with van der Waals surface area (Å²) >= 11 is 0. The summed E-state index contributed by atoms with van der Waals surface area (Å²) in [5.74, 6) is 0. The maximum atomic E-state index is 9.00. The Morgan fingerprint density at radius 3 is 2.39 bits per heavy atom. The second-order valence-corrected chi connectivity index (χ2v) is 4.48. The minimum atomic E-state index is 0.199. The van der Waals surface area contributed by atoms with Crippen LogP contribution in [0.15, 0.2) is 24.3 Å². The number of hydrogen-bond acceptors (Lipinski definition) is 3. The van der Waals surface area contributed by atoms with Crippen LogP contribution in [0, 0.1) is 0 Å². The number of rotatable bonds is 9. The van der Waals surface area contributed by atoms with Gasteiger partial charge >= 0.3 is 0 Å². The Kier molecular flexibility index (Phi) is 7.26. The van der Waals surface area contributed by atoms with E-state index in [1.165, 1.54) is 30.6 Å². The van der Waals surface area contributed by atoms with Crippen molar-refractivity contribution in [2.24, 2.45) is 0 Å². The maximum absolute atomic E-state index is 9.00. The summed E-state index contributed by atoms with van der Waals surface area (Å²) in [6.45, 7) is 7.18. The first-order valence-corrected chi connectivity index (χ1v) is 7.01. The molecule has 0 saturated heterocycles. The predicted octanol–water partition coefficient (Wildman–Crippen LogP) is 3.11. The van der Waals surface area contributed by atoms with Gasteiger partial charge in [0.05, 0.1) is 6.61 Å². The molecule has 0 saturated carbocycles. The molecule has 0 aliphatic heterocycles. The lowest BCUT2D eigenvalue weighted by Crippen LogP contribution is -2.25. The molecule has 0 aliphatic carbocycles. The van der Waals surface area contributed by atoms with E-state index in [0.29, 0.717) is 6.54 Å². The highest BCUT2D eigenvalue weighted by Gasteiger charge is 2.02. The van der Waals surface area contributed by atoms with E-state index in [0.717, 1.165) is 13.1 Å². The van der Waals surface area contributed by atoms with Gasteiger partial charge in [-0.15, -0.1) is 0 Å². The minimum Gasteiger partial charge on any atom is -0.395 e. The third kappa shape index (κ3) is 4.96. The van der Waals surface area contributed by atoms with E-state index in [-0.39, 0.29) is 6.61 Å². The summed E-state index contributed by atoms with van der Waals surface area (Å²) in [7, 11) is 0. The van der Waals surface area contributed by atoms with Crippen LogP contribution in [-0.2, 0) is 0 Å². The fourth-order valence-corrected chi connectivity index (χ4v) is 1.99. The van der Waals surface area contributed by atoms with Crippen LogP contribution in [0.1, 0.15) is 33.1 Å². The number of hydrogen-bond donors (Lipinski definition) is 2. The molecule has 0 aliphatic rings. The molecule has 0 heterocycles. The zero-order valence-corrected chi connectivity index (χ0v) is 11.7.